The van der Waals surface area contributed by atoms with E-state index in [1.807, 2.05) is 28.8 Å². The fourth-order valence-electron chi connectivity index (χ4n) is 4.95. The maximum absolute atomic E-state index is 12.8. The van der Waals surface area contributed by atoms with Crippen molar-refractivity contribution >= 4 is 27.7 Å². The first-order chi connectivity index (χ1) is 17.1. The molecule has 0 radical (unpaired) electrons. The zero-order valence-electron chi connectivity index (χ0n) is 20.2. The van der Waals surface area contributed by atoms with Crippen LogP contribution in [0.25, 0.3) is 21.8 Å². The summed E-state index contributed by atoms with van der Waals surface area (Å²) in [6.07, 6.45) is 2.61. The van der Waals surface area contributed by atoms with E-state index in [2.05, 4.69) is 50.5 Å². The number of hydrogen-bond donors (Lipinski definition) is 1. The molecule has 0 atom stereocenters. The lowest BCUT2D eigenvalue weighted by Gasteiger charge is -2.34. The van der Waals surface area contributed by atoms with Crippen molar-refractivity contribution in [2.24, 2.45) is 7.05 Å². The van der Waals surface area contributed by atoms with E-state index in [1.54, 1.807) is 13.2 Å². The van der Waals surface area contributed by atoms with E-state index >= 15 is 0 Å². The van der Waals surface area contributed by atoms with Gasteiger partial charge in [-0.1, -0.05) is 48.5 Å². The number of aryl methyl sites for hydroxylation is 1. The quantitative estimate of drug-likeness (QED) is 0.398. The van der Waals surface area contributed by atoms with Crippen LogP contribution in [0.2, 0.25) is 0 Å². The highest BCUT2D eigenvalue weighted by atomic mass is 16.2. The molecule has 0 aliphatic carbocycles. The highest BCUT2D eigenvalue weighted by Gasteiger charge is 2.18. The molecule has 4 aromatic rings. The number of hydrogen-bond acceptors (Lipinski definition) is 5. The van der Waals surface area contributed by atoms with Crippen molar-refractivity contribution in [3.05, 3.63) is 76.7 Å². The van der Waals surface area contributed by atoms with Gasteiger partial charge in [0.2, 0.25) is 5.91 Å². The maximum Gasteiger partial charge on any atom is 0.291 e. The molecule has 0 saturated carbocycles. The number of carbonyl (C=O) groups excluding carboxylic acids is 1. The first kappa shape index (κ1) is 23.3. The van der Waals surface area contributed by atoms with Crippen LogP contribution in [0.15, 0.2) is 65.6 Å². The van der Waals surface area contributed by atoms with Crippen LogP contribution in [0.5, 0.6) is 0 Å². The summed E-state index contributed by atoms with van der Waals surface area (Å²) in [4.78, 5) is 30.6. The van der Waals surface area contributed by atoms with Gasteiger partial charge in [0.25, 0.3) is 5.56 Å². The topological polar surface area (TPSA) is 75.4 Å². The smallest absolute Gasteiger partial charge is 0.291 e. The van der Waals surface area contributed by atoms with Gasteiger partial charge >= 0.3 is 0 Å². The molecular weight excluding hydrogens is 440 g/mol. The zero-order valence-corrected chi connectivity index (χ0v) is 20.2. The Morgan fingerprint density at radius 1 is 0.943 bits per heavy atom. The number of amides is 1. The molecule has 182 valence electrons. The number of nitrogens with one attached hydrogen (secondary N) is 1. The predicted octanol–water partition coefficient (Wildman–Crippen LogP) is 2.21. The standard InChI is InChI=1S/C27H32N6O2/c1-30-27(35)26-23(18-29-30)22-10-5-6-11-24(22)33(26)20-25(34)28-12-7-13-31-14-16-32(17-15-31)19-21-8-3-2-4-9-21/h2-6,8-11,18H,7,12-17,19-20H2,1H3,(H,28,34). The summed E-state index contributed by atoms with van der Waals surface area (Å²) in [7, 11) is 1.63. The minimum Gasteiger partial charge on any atom is -0.355 e. The second kappa shape index (κ2) is 10.4. The van der Waals surface area contributed by atoms with E-state index in [9.17, 15) is 9.59 Å². The number of aromatic nitrogens is 3. The van der Waals surface area contributed by atoms with E-state index in [-0.39, 0.29) is 18.0 Å². The lowest BCUT2D eigenvalue weighted by molar-refractivity contribution is -0.121. The highest BCUT2D eigenvalue weighted by molar-refractivity contribution is 6.07. The van der Waals surface area contributed by atoms with Gasteiger partial charge in [-0.3, -0.25) is 14.5 Å². The Morgan fingerprint density at radius 3 is 2.46 bits per heavy atom. The summed E-state index contributed by atoms with van der Waals surface area (Å²) >= 11 is 0. The molecule has 2 aromatic heterocycles. The summed E-state index contributed by atoms with van der Waals surface area (Å²) in [6, 6.07) is 18.4. The largest absolute Gasteiger partial charge is 0.355 e. The average molecular weight is 473 g/mol. The van der Waals surface area contributed by atoms with Crippen molar-refractivity contribution in [3.8, 4) is 0 Å². The van der Waals surface area contributed by atoms with Gasteiger partial charge in [-0.2, -0.15) is 5.10 Å². The Kier molecular flexibility index (Phi) is 6.92. The van der Waals surface area contributed by atoms with Gasteiger partial charge in [-0.15, -0.1) is 0 Å². The summed E-state index contributed by atoms with van der Waals surface area (Å²) in [5, 5.41) is 8.92. The van der Waals surface area contributed by atoms with Crippen molar-refractivity contribution in [3.63, 3.8) is 0 Å². The van der Waals surface area contributed by atoms with E-state index < -0.39 is 0 Å². The number of nitrogens with zero attached hydrogens (tertiary/aromatic N) is 5. The molecule has 8 nitrogen and oxygen atoms in total. The van der Waals surface area contributed by atoms with Gasteiger partial charge in [-0.25, -0.2) is 4.68 Å². The van der Waals surface area contributed by atoms with E-state index in [0.717, 1.165) is 62.0 Å². The lowest BCUT2D eigenvalue weighted by atomic mass is 10.2. The Labute approximate surface area is 204 Å². The Hall–Kier alpha value is -3.49. The van der Waals surface area contributed by atoms with Crippen molar-refractivity contribution in [1.82, 2.24) is 29.5 Å². The molecule has 1 saturated heterocycles. The third kappa shape index (κ3) is 5.13. The third-order valence-electron chi connectivity index (χ3n) is 6.86. The second-order valence-corrected chi connectivity index (χ2v) is 9.25. The van der Waals surface area contributed by atoms with Crippen LogP contribution in [0.4, 0.5) is 0 Å². The number of rotatable bonds is 8. The van der Waals surface area contributed by atoms with E-state index in [1.165, 1.54) is 10.2 Å². The van der Waals surface area contributed by atoms with Gasteiger partial charge in [0, 0.05) is 62.6 Å². The molecule has 1 aliphatic rings. The van der Waals surface area contributed by atoms with E-state index in [0.29, 0.717) is 12.1 Å². The van der Waals surface area contributed by atoms with Crippen molar-refractivity contribution in [1.29, 1.82) is 0 Å². The molecule has 2 aromatic carbocycles. The second-order valence-electron chi connectivity index (χ2n) is 9.25. The van der Waals surface area contributed by atoms with Crippen LogP contribution in [0.1, 0.15) is 12.0 Å². The summed E-state index contributed by atoms with van der Waals surface area (Å²) in [6.45, 7) is 6.96. The van der Waals surface area contributed by atoms with Crippen LogP contribution in [0.3, 0.4) is 0 Å². The van der Waals surface area contributed by atoms with Crippen LogP contribution in [-0.4, -0.2) is 69.3 Å². The molecular formula is C27H32N6O2. The van der Waals surface area contributed by atoms with Crippen LogP contribution < -0.4 is 10.9 Å². The Balaban J connectivity index is 1.12. The number of fused-ring (bicyclic) bond motifs is 3. The number of piperazine rings is 1. The van der Waals surface area contributed by atoms with E-state index in [4.69, 9.17) is 0 Å². The van der Waals surface area contributed by atoms with Crippen molar-refractivity contribution in [2.75, 3.05) is 39.3 Å². The fraction of sp³-hybridized carbons (Fsp3) is 0.370. The number of carbonyl (C=O) groups is 1. The van der Waals surface area contributed by atoms with Gasteiger partial charge < -0.3 is 14.8 Å². The molecule has 0 spiro atoms. The number of para-hydroxylation sites is 1. The monoisotopic (exact) mass is 472 g/mol. The predicted molar refractivity (Wildman–Crippen MR) is 138 cm³/mol. The molecule has 8 heteroatoms. The molecule has 35 heavy (non-hydrogen) atoms. The number of benzene rings is 2. The fourth-order valence-corrected chi connectivity index (χ4v) is 4.95. The molecule has 1 N–H and O–H groups in total. The van der Waals surface area contributed by atoms with Crippen molar-refractivity contribution < 1.29 is 4.79 Å². The van der Waals surface area contributed by atoms with Crippen molar-refractivity contribution in [2.45, 2.75) is 19.5 Å². The third-order valence-corrected chi connectivity index (χ3v) is 6.86. The highest BCUT2D eigenvalue weighted by Crippen LogP contribution is 2.26. The van der Waals surface area contributed by atoms with Gasteiger partial charge in [0.1, 0.15) is 12.1 Å². The van der Waals surface area contributed by atoms with Crippen LogP contribution in [0, 0.1) is 0 Å². The SMILES string of the molecule is Cn1ncc2c3ccccc3n(CC(=O)NCCCN3CCN(Cc4ccccc4)CC3)c2c1=O. The lowest BCUT2D eigenvalue weighted by Crippen LogP contribution is -2.46. The van der Waals surface area contributed by atoms with Gasteiger partial charge in [0.15, 0.2) is 0 Å². The minimum absolute atomic E-state index is 0.0841. The normalized spacial score (nSPS) is 15.1. The molecule has 0 unspecified atom stereocenters. The minimum atomic E-state index is -0.196. The Bertz CT molecular complexity index is 1370. The van der Waals surface area contributed by atoms with Gasteiger partial charge in [0.05, 0.1) is 6.20 Å². The first-order valence-electron chi connectivity index (χ1n) is 12.3. The van der Waals surface area contributed by atoms with Crippen LogP contribution in [-0.2, 0) is 24.9 Å². The summed E-state index contributed by atoms with van der Waals surface area (Å²) in [5.41, 5.74) is 2.56. The molecule has 3 heterocycles. The summed E-state index contributed by atoms with van der Waals surface area (Å²) in [5.74, 6) is -0.0841. The first-order valence-corrected chi connectivity index (χ1v) is 12.3. The molecule has 0 bridgehead atoms. The zero-order chi connectivity index (χ0) is 24.2. The molecule has 1 fully saturated rings. The molecule has 5 rings (SSSR count). The maximum atomic E-state index is 12.8. The average Bonchev–Trinajstić information content (AvgIpc) is 3.19. The van der Waals surface area contributed by atoms with Gasteiger partial charge in [-0.05, 0) is 24.6 Å². The Morgan fingerprint density at radius 2 is 1.66 bits per heavy atom. The molecule has 1 amide bonds. The summed E-state index contributed by atoms with van der Waals surface area (Å²) < 4.78 is 3.13. The van der Waals surface area contributed by atoms with Crippen LogP contribution >= 0.6 is 0 Å². The molecule has 1 aliphatic heterocycles.